The normalized spacial score (nSPS) is 17.1. The summed E-state index contributed by atoms with van der Waals surface area (Å²) in [5, 5.41) is 3.13. The molecule has 0 spiro atoms. The number of hydrogen-bond acceptors (Lipinski definition) is 3. The van der Waals surface area contributed by atoms with E-state index in [-0.39, 0.29) is 6.29 Å². The van der Waals surface area contributed by atoms with Gasteiger partial charge >= 0.3 is 7.60 Å². The third-order valence-corrected chi connectivity index (χ3v) is 5.52. The zero-order valence-corrected chi connectivity index (χ0v) is 16.0. The van der Waals surface area contributed by atoms with Gasteiger partial charge in [0.15, 0.2) is 0 Å². The van der Waals surface area contributed by atoms with E-state index in [2.05, 4.69) is 33.0 Å². The second-order valence-corrected chi connectivity index (χ2v) is 8.23. The number of nitrogens with one attached hydrogen (secondary N) is 1. The minimum atomic E-state index is -3.50. The minimum Gasteiger partial charge on any atom is -0.323 e. The Morgan fingerprint density at radius 2 is 1.55 bits per heavy atom. The van der Waals surface area contributed by atoms with Gasteiger partial charge in [-0.1, -0.05) is 66.2 Å². The summed E-state index contributed by atoms with van der Waals surface area (Å²) in [6.07, 6.45) is 9.19. The van der Waals surface area contributed by atoms with E-state index < -0.39 is 7.60 Å². The maximum atomic E-state index is 12.1. The molecule has 0 rings (SSSR count). The van der Waals surface area contributed by atoms with Crippen molar-refractivity contribution < 1.29 is 14.0 Å². The smallest absolute Gasteiger partial charge is 0.323 e. The predicted molar refractivity (Wildman–Crippen MR) is 95.3 cm³/mol. The second-order valence-electron chi connectivity index (χ2n) is 6.38. The molecule has 0 amide bonds. The Balaban J connectivity index is 3.99. The first-order valence-electron chi connectivity index (χ1n) is 9.16. The highest BCUT2D eigenvalue weighted by Crippen LogP contribution is 2.41. The molecular weight excluding hydrogens is 297 g/mol. The Hall–Kier alpha value is 0.110. The van der Waals surface area contributed by atoms with Gasteiger partial charge in [0.2, 0.25) is 0 Å². The topological polar surface area (TPSA) is 58.6 Å². The van der Waals surface area contributed by atoms with E-state index in [1.165, 1.54) is 19.3 Å². The quantitative estimate of drug-likeness (QED) is 0.405. The largest absolute Gasteiger partial charge is 0.341 e. The van der Waals surface area contributed by atoms with Crippen molar-refractivity contribution in [3.8, 4) is 0 Å². The summed E-state index contributed by atoms with van der Waals surface area (Å²) in [6.45, 7) is 9.85. The summed E-state index contributed by atoms with van der Waals surface area (Å²) < 4.78 is 17.4. The molecule has 0 aliphatic heterocycles. The summed E-state index contributed by atoms with van der Waals surface area (Å²) in [5.74, 6) is 0.987. The van der Waals surface area contributed by atoms with Crippen LogP contribution >= 0.6 is 7.60 Å². The van der Waals surface area contributed by atoms with Crippen molar-refractivity contribution in [3.63, 3.8) is 0 Å². The molecule has 0 saturated carbocycles. The van der Waals surface area contributed by atoms with Crippen LogP contribution in [0.3, 0.4) is 0 Å². The van der Waals surface area contributed by atoms with Gasteiger partial charge in [0.25, 0.3) is 0 Å². The van der Waals surface area contributed by atoms with E-state index >= 15 is 0 Å². The summed E-state index contributed by atoms with van der Waals surface area (Å²) in [4.78, 5) is 9.92. The van der Waals surface area contributed by atoms with Crippen LogP contribution in [0.25, 0.3) is 0 Å². The SMILES string of the molecule is CCCCC(CC)CNCP(=O)(O)OCC(CC)CCCC. The molecule has 5 heteroatoms. The summed E-state index contributed by atoms with van der Waals surface area (Å²) in [6, 6.07) is 0. The van der Waals surface area contributed by atoms with Crippen LogP contribution in [0.5, 0.6) is 0 Å². The molecule has 0 aliphatic carbocycles. The first-order chi connectivity index (χ1) is 10.5. The monoisotopic (exact) mass is 335 g/mol. The fourth-order valence-corrected chi connectivity index (χ4v) is 3.47. The van der Waals surface area contributed by atoms with Crippen LogP contribution < -0.4 is 5.32 Å². The summed E-state index contributed by atoms with van der Waals surface area (Å²) >= 11 is 0. The molecule has 3 unspecified atom stereocenters. The lowest BCUT2D eigenvalue weighted by molar-refractivity contribution is 0.202. The van der Waals surface area contributed by atoms with Gasteiger partial charge in [-0.25, -0.2) is 0 Å². The minimum absolute atomic E-state index is 0.0693. The molecule has 4 nitrogen and oxygen atoms in total. The maximum absolute atomic E-state index is 12.1. The van der Waals surface area contributed by atoms with Gasteiger partial charge in [-0.3, -0.25) is 4.57 Å². The van der Waals surface area contributed by atoms with Gasteiger partial charge in [-0.2, -0.15) is 0 Å². The molecule has 134 valence electrons. The van der Waals surface area contributed by atoms with Crippen molar-refractivity contribution in [2.75, 3.05) is 19.4 Å². The number of rotatable bonds is 15. The molecule has 0 heterocycles. The molecule has 22 heavy (non-hydrogen) atoms. The molecule has 0 aromatic carbocycles. The van der Waals surface area contributed by atoms with Crippen LogP contribution in [0, 0.1) is 11.8 Å². The van der Waals surface area contributed by atoms with E-state index in [9.17, 15) is 9.46 Å². The highest BCUT2D eigenvalue weighted by molar-refractivity contribution is 7.52. The van der Waals surface area contributed by atoms with Crippen molar-refractivity contribution in [1.29, 1.82) is 0 Å². The molecule has 0 fully saturated rings. The number of hydrogen-bond donors (Lipinski definition) is 2. The van der Waals surface area contributed by atoms with Gasteiger partial charge < -0.3 is 14.7 Å². The number of unbranched alkanes of at least 4 members (excludes halogenated alkanes) is 2. The van der Waals surface area contributed by atoms with Crippen LogP contribution in [0.4, 0.5) is 0 Å². The highest BCUT2D eigenvalue weighted by atomic mass is 31.2. The van der Waals surface area contributed by atoms with Crippen LogP contribution in [0.15, 0.2) is 0 Å². The molecule has 0 aromatic heterocycles. The maximum Gasteiger partial charge on any atom is 0.341 e. The average Bonchev–Trinajstić information content (AvgIpc) is 2.50. The predicted octanol–water partition coefficient (Wildman–Crippen LogP) is 5.17. The molecule has 0 aromatic rings. The summed E-state index contributed by atoms with van der Waals surface area (Å²) in [5.41, 5.74) is 0. The first kappa shape index (κ1) is 22.1. The standard InChI is InChI=1S/C17H38NO3P/c1-5-9-11-16(7-3)13-18-15-22(19,20)21-14-17(8-4)12-10-6-2/h16-18H,5-15H2,1-4H3,(H,19,20). The van der Waals surface area contributed by atoms with Gasteiger partial charge in [0.1, 0.15) is 0 Å². The Morgan fingerprint density at radius 1 is 1.00 bits per heavy atom. The van der Waals surface area contributed by atoms with Crippen molar-refractivity contribution in [3.05, 3.63) is 0 Å². The van der Waals surface area contributed by atoms with Gasteiger partial charge in [0, 0.05) is 0 Å². The van der Waals surface area contributed by atoms with Crippen molar-refractivity contribution in [2.45, 2.75) is 79.1 Å². The van der Waals surface area contributed by atoms with Crippen LogP contribution in [0.2, 0.25) is 0 Å². The van der Waals surface area contributed by atoms with E-state index in [0.29, 0.717) is 18.4 Å². The lowest BCUT2D eigenvalue weighted by atomic mass is 10.00. The third-order valence-electron chi connectivity index (χ3n) is 4.34. The van der Waals surface area contributed by atoms with Gasteiger partial charge in [-0.15, -0.1) is 0 Å². The van der Waals surface area contributed by atoms with E-state index in [1.54, 1.807) is 0 Å². The first-order valence-corrected chi connectivity index (χ1v) is 10.9. The molecular formula is C17H38NO3P. The molecule has 2 N–H and O–H groups in total. The van der Waals surface area contributed by atoms with Gasteiger partial charge in [0.05, 0.1) is 12.9 Å². The zero-order valence-electron chi connectivity index (χ0n) is 15.1. The highest BCUT2D eigenvalue weighted by Gasteiger charge is 2.21. The Morgan fingerprint density at radius 3 is 2.05 bits per heavy atom. The molecule has 3 atom stereocenters. The fourth-order valence-electron chi connectivity index (χ4n) is 2.52. The lowest BCUT2D eigenvalue weighted by Gasteiger charge is -2.20. The van der Waals surface area contributed by atoms with Crippen molar-refractivity contribution in [2.24, 2.45) is 11.8 Å². The molecule has 0 saturated heterocycles. The van der Waals surface area contributed by atoms with Gasteiger partial charge in [-0.05, 0) is 31.2 Å². The summed E-state index contributed by atoms with van der Waals surface area (Å²) in [7, 11) is -3.50. The second kappa shape index (κ2) is 13.5. The molecule has 0 aliphatic rings. The third kappa shape index (κ3) is 11.6. The Bertz CT molecular complexity index is 300. The zero-order chi connectivity index (χ0) is 16.8. The molecule has 0 bridgehead atoms. The molecule has 0 radical (unpaired) electrons. The van der Waals surface area contributed by atoms with Crippen LogP contribution in [-0.2, 0) is 9.09 Å². The van der Waals surface area contributed by atoms with E-state index in [1.807, 2.05) is 0 Å². The fraction of sp³-hybridized carbons (Fsp3) is 1.00. The lowest BCUT2D eigenvalue weighted by Crippen LogP contribution is -2.24. The van der Waals surface area contributed by atoms with Crippen LogP contribution in [0.1, 0.15) is 79.1 Å². The average molecular weight is 335 g/mol. The van der Waals surface area contributed by atoms with E-state index in [0.717, 1.165) is 38.6 Å². The van der Waals surface area contributed by atoms with Crippen LogP contribution in [-0.4, -0.2) is 24.3 Å². The van der Waals surface area contributed by atoms with Crippen molar-refractivity contribution in [1.82, 2.24) is 5.32 Å². The Labute approximate surface area is 137 Å². The van der Waals surface area contributed by atoms with E-state index in [4.69, 9.17) is 4.52 Å². The van der Waals surface area contributed by atoms with Crippen molar-refractivity contribution >= 4 is 7.60 Å². The Kier molecular flexibility index (Phi) is 13.6.